The molecule has 1 aromatic carbocycles. The molecule has 1 N–H and O–H groups in total. The van der Waals surface area contributed by atoms with E-state index >= 15 is 0 Å². The number of nitrogens with zero attached hydrogens (tertiary/aromatic N) is 3. The Morgan fingerprint density at radius 2 is 1.71 bits per heavy atom. The van der Waals surface area contributed by atoms with E-state index < -0.39 is 0 Å². The molecule has 0 spiro atoms. The van der Waals surface area contributed by atoms with Crippen LogP contribution in [-0.2, 0) is 11.3 Å². The van der Waals surface area contributed by atoms with E-state index in [1.807, 2.05) is 0 Å². The van der Waals surface area contributed by atoms with Gasteiger partial charge in [0.2, 0.25) is 5.91 Å². The molecule has 128 valence electrons. The van der Waals surface area contributed by atoms with Gasteiger partial charge < -0.3 is 5.32 Å². The number of amides is 3. The average Bonchev–Trinajstić information content (AvgIpc) is 3.11. The van der Waals surface area contributed by atoms with Crippen LogP contribution in [0.25, 0.3) is 0 Å². The van der Waals surface area contributed by atoms with E-state index in [-0.39, 0.29) is 18.1 Å². The number of rotatable bonds is 3. The van der Waals surface area contributed by atoms with Crippen LogP contribution >= 0.6 is 0 Å². The van der Waals surface area contributed by atoms with Crippen LogP contribution in [0.5, 0.6) is 0 Å². The van der Waals surface area contributed by atoms with Crippen LogP contribution in [0.2, 0.25) is 0 Å². The van der Waals surface area contributed by atoms with Gasteiger partial charge in [-0.15, -0.1) is 0 Å². The van der Waals surface area contributed by atoms with Crippen LogP contribution in [0.3, 0.4) is 0 Å². The summed E-state index contributed by atoms with van der Waals surface area (Å²) in [6, 6.07) is 10.3. The van der Waals surface area contributed by atoms with E-state index in [2.05, 4.69) is 45.4 Å². The van der Waals surface area contributed by atoms with Crippen LogP contribution in [0, 0.1) is 11.8 Å². The Hall–Kier alpha value is -1.92. The third kappa shape index (κ3) is 2.91. The lowest BCUT2D eigenvalue weighted by molar-refractivity contribution is -0.130. The van der Waals surface area contributed by atoms with Crippen molar-refractivity contribution in [2.24, 2.45) is 11.8 Å². The summed E-state index contributed by atoms with van der Waals surface area (Å²) in [6.45, 7) is 5.15. The molecule has 0 aliphatic carbocycles. The highest BCUT2D eigenvalue weighted by Crippen LogP contribution is 2.33. The van der Waals surface area contributed by atoms with Crippen molar-refractivity contribution < 1.29 is 9.59 Å². The lowest BCUT2D eigenvalue weighted by Crippen LogP contribution is -2.59. The minimum atomic E-state index is -0.279. The molecule has 3 amide bonds. The standard InChI is InChI=1S/C18H24N4O2/c1-20-17(23)7-16(19-18(20)24)22-11-14-9-21(10-15(14)12-22)8-13-5-3-2-4-6-13/h2-6,14-16H,7-12H2,1H3,(H,19,24). The predicted molar refractivity (Wildman–Crippen MR) is 90.0 cm³/mol. The molecule has 3 heterocycles. The monoisotopic (exact) mass is 328 g/mol. The summed E-state index contributed by atoms with van der Waals surface area (Å²) in [4.78, 5) is 29.7. The molecule has 3 aliphatic heterocycles. The lowest BCUT2D eigenvalue weighted by Gasteiger charge is -2.35. The molecular formula is C18H24N4O2. The minimum Gasteiger partial charge on any atom is -0.322 e. The molecule has 24 heavy (non-hydrogen) atoms. The van der Waals surface area contributed by atoms with Crippen LogP contribution in [0.4, 0.5) is 4.79 Å². The highest BCUT2D eigenvalue weighted by Gasteiger charge is 2.44. The zero-order valence-electron chi connectivity index (χ0n) is 14.0. The summed E-state index contributed by atoms with van der Waals surface area (Å²) in [5.74, 6) is 1.19. The highest BCUT2D eigenvalue weighted by molar-refractivity contribution is 5.96. The van der Waals surface area contributed by atoms with E-state index in [0.717, 1.165) is 32.7 Å². The number of hydrogen-bond donors (Lipinski definition) is 1. The summed E-state index contributed by atoms with van der Waals surface area (Å²) in [6.07, 6.45) is 0.254. The second-order valence-corrected chi connectivity index (χ2v) is 7.28. The van der Waals surface area contributed by atoms with Crippen molar-refractivity contribution in [3.05, 3.63) is 35.9 Å². The number of fused-ring (bicyclic) bond motifs is 1. The van der Waals surface area contributed by atoms with E-state index in [0.29, 0.717) is 18.3 Å². The SMILES string of the molecule is CN1C(=O)CC(N2CC3CN(Cc4ccccc4)CC3C2)NC1=O. The Balaban J connectivity index is 1.33. The van der Waals surface area contributed by atoms with Gasteiger partial charge in [-0.3, -0.25) is 19.5 Å². The number of carbonyl (C=O) groups is 2. The maximum atomic E-state index is 11.9. The first-order valence-corrected chi connectivity index (χ1v) is 8.67. The molecule has 6 heteroatoms. The molecule has 6 nitrogen and oxygen atoms in total. The average molecular weight is 328 g/mol. The molecule has 1 aromatic rings. The van der Waals surface area contributed by atoms with Crippen molar-refractivity contribution in [2.45, 2.75) is 19.1 Å². The second kappa shape index (κ2) is 6.18. The van der Waals surface area contributed by atoms with E-state index in [1.165, 1.54) is 17.5 Å². The van der Waals surface area contributed by atoms with Gasteiger partial charge in [-0.1, -0.05) is 30.3 Å². The Bertz CT molecular complexity index is 603. The van der Waals surface area contributed by atoms with E-state index in [4.69, 9.17) is 0 Å². The smallest absolute Gasteiger partial charge is 0.322 e. The Morgan fingerprint density at radius 3 is 2.33 bits per heavy atom. The van der Waals surface area contributed by atoms with Crippen molar-refractivity contribution in [1.82, 2.24) is 20.0 Å². The summed E-state index contributed by atoms with van der Waals surface area (Å²) >= 11 is 0. The fourth-order valence-electron chi connectivity index (χ4n) is 4.28. The molecule has 0 bridgehead atoms. The number of hydrogen-bond acceptors (Lipinski definition) is 4. The van der Waals surface area contributed by atoms with Crippen molar-refractivity contribution in [1.29, 1.82) is 0 Å². The first-order valence-electron chi connectivity index (χ1n) is 8.67. The lowest BCUT2D eigenvalue weighted by atomic mass is 10.0. The van der Waals surface area contributed by atoms with Crippen molar-refractivity contribution >= 4 is 11.9 Å². The molecule has 3 unspecified atom stereocenters. The molecule has 3 atom stereocenters. The summed E-state index contributed by atoms with van der Waals surface area (Å²) in [7, 11) is 1.54. The van der Waals surface area contributed by atoms with Gasteiger partial charge in [0.25, 0.3) is 0 Å². The molecular weight excluding hydrogens is 304 g/mol. The third-order valence-electron chi connectivity index (χ3n) is 5.62. The largest absolute Gasteiger partial charge is 0.325 e. The van der Waals surface area contributed by atoms with Crippen molar-refractivity contribution in [2.75, 3.05) is 33.2 Å². The number of imide groups is 1. The van der Waals surface area contributed by atoms with Crippen LogP contribution in [0.1, 0.15) is 12.0 Å². The van der Waals surface area contributed by atoms with E-state index in [9.17, 15) is 9.59 Å². The van der Waals surface area contributed by atoms with Crippen LogP contribution in [-0.4, -0.2) is 66.0 Å². The topological polar surface area (TPSA) is 55.9 Å². The fraction of sp³-hybridized carbons (Fsp3) is 0.556. The number of likely N-dealkylation sites (tertiary alicyclic amines) is 2. The van der Waals surface area contributed by atoms with Gasteiger partial charge in [0.1, 0.15) is 0 Å². The van der Waals surface area contributed by atoms with Gasteiger partial charge in [-0.2, -0.15) is 0 Å². The molecule has 0 aromatic heterocycles. The minimum absolute atomic E-state index is 0.0912. The molecule has 3 aliphatic rings. The molecule has 0 radical (unpaired) electrons. The first-order chi connectivity index (χ1) is 11.6. The van der Waals surface area contributed by atoms with E-state index in [1.54, 1.807) is 0 Å². The zero-order chi connectivity index (χ0) is 16.7. The van der Waals surface area contributed by atoms with Crippen LogP contribution in [0.15, 0.2) is 30.3 Å². The Labute approximate surface area is 142 Å². The van der Waals surface area contributed by atoms with Gasteiger partial charge in [0, 0.05) is 39.8 Å². The van der Waals surface area contributed by atoms with Gasteiger partial charge >= 0.3 is 6.03 Å². The van der Waals surface area contributed by atoms with Gasteiger partial charge in [0.05, 0.1) is 12.6 Å². The number of benzene rings is 1. The fourth-order valence-corrected chi connectivity index (χ4v) is 4.28. The number of urea groups is 1. The maximum Gasteiger partial charge on any atom is 0.325 e. The number of nitrogens with one attached hydrogen (secondary N) is 1. The normalized spacial score (nSPS) is 31.4. The highest BCUT2D eigenvalue weighted by atomic mass is 16.2. The Morgan fingerprint density at radius 1 is 1.04 bits per heavy atom. The Kier molecular flexibility index (Phi) is 4.02. The quantitative estimate of drug-likeness (QED) is 0.897. The molecule has 4 rings (SSSR count). The van der Waals surface area contributed by atoms with Gasteiger partial charge in [-0.05, 0) is 17.4 Å². The van der Waals surface area contributed by atoms with Gasteiger partial charge in [0.15, 0.2) is 0 Å². The summed E-state index contributed by atoms with van der Waals surface area (Å²) in [5, 5.41) is 2.96. The first kappa shape index (κ1) is 15.6. The molecule has 0 saturated carbocycles. The van der Waals surface area contributed by atoms with Crippen LogP contribution < -0.4 is 5.32 Å². The van der Waals surface area contributed by atoms with Crippen molar-refractivity contribution in [3.63, 3.8) is 0 Å². The summed E-state index contributed by atoms with van der Waals surface area (Å²) < 4.78 is 0. The third-order valence-corrected chi connectivity index (χ3v) is 5.62. The second-order valence-electron chi connectivity index (χ2n) is 7.28. The predicted octanol–water partition coefficient (Wildman–Crippen LogP) is 0.948. The van der Waals surface area contributed by atoms with Crippen molar-refractivity contribution in [3.8, 4) is 0 Å². The molecule has 3 fully saturated rings. The number of carbonyl (C=O) groups excluding carboxylic acids is 2. The summed E-state index contributed by atoms with van der Waals surface area (Å²) in [5.41, 5.74) is 1.36. The molecule has 3 saturated heterocycles. The maximum absolute atomic E-state index is 11.9. The van der Waals surface area contributed by atoms with Gasteiger partial charge in [-0.25, -0.2) is 4.79 Å². The zero-order valence-corrected chi connectivity index (χ0v) is 14.0.